The molecule has 0 fully saturated rings. The molecule has 1 aliphatic carbocycles. The van der Waals surface area contributed by atoms with E-state index in [-0.39, 0.29) is 5.78 Å². The molecule has 0 spiro atoms. The number of ketones is 1. The quantitative estimate of drug-likeness (QED) is 0.425. The Kier molecular flexibility index (Phi) is 8.02. The van der Waals surface area contributed by atoms with Crippen molar-refractivity contribution < 1.29 is 23.9 Å². The van der Waals surface area contributed by atoms with Crippen LogP contribution in [0.4, 0.5) is 0 Å². The predicted octanol–water partition coefficient (Wildman–Crippen LogP) is 2.94. The van der Waals surface area contributed by atoms with Gasteiger partial charge in [-0.05, 0) is 53.4 Å². The monoisotopic (exact) mass is 499 g/mol. The van der Waals surface area contributed by atoms with E-state index in [1.807, 2.05) is 80.6 Å². The van der Waals surface area contributed by atoms with E-state index in [4.69, 9.17) is 9.47 Å². The minimum absolute atomic E-state index is 0.107. The van der Waals surface area contributed by atoms with Crippen molar-refractivity contribution >= 4 is 30.4 Å². The van der Waals surface area contributed by atoms with E-state index in [0.717, 1.165) is 0 Å². The lowest BCUT2D eigenvalue weighted by atomic mass is 9.70. The molecular weight excluding hydrogens is 465 g/mol. The molecule has 9 heteroatoms. The highest BCUT2D eigenvalue weighted by Crippen LogP contribution is 2.58. The maximum Gasteiger partial charge on any atom is 0.338 e. The van der Waals surface area contributed by atoms with E-state index in [1.165, 1.54) is 14.2 Å². The zero-order chi connectivity index (χ0) is 26.1. The summed E-state index contributed by atoms with van der Waals surface area (Å²) in [6.45, 7) is 0. The maximum atomic E-state index is 13.7. The second-order valence-electron chi connectivity index (χ2n) is 8.97. The number of esters is 2. The zero-order valence-electron chi connectivity index (χ0n) is 21.6. The third-order valence-electron chi connectivity index (χ3n) is 6.56. The van der Waals surface area contributed by atoms with E-state index in [0.29, 0.717) is 27.5 Å². The van der Waals surface area contributed by atoms with Crippen LogP contribution in [-0.2, 0) is 19.1 Å². The van der Waals surface area contributed by atoms with Crippen molar-refractivity contribution in [1.82, 2.24) is 14.0 Å². The number of hydrogen-bond donors (Lipinski definition) is 0. The molecular formula is C26H34N3O5P. The average Bonchev–Trinajstić information content (AvgIpc) is 2.84. The SMILES string of the molecule is COC(=O)C(C(C(=O)OC)C1c2ccccc2C(=O)c2ccccc21)=P(N(C)C)(N(C)C)N(C)C. The van der Waals surface area contributed by atoms with Gasteiger partial charge in [-0.3, -0.25) is 23.6 Å². The fourth-order valence-corrected chi connectivity index (χ4v) is 9.82. The summed E-state index contributed by atoms with van der Waals surface area (Å²) < 4.78 is 16.6. The lowest BCUT2D eigenvalue weighted by molar-refractivity contribution is -0.144. The van der Waals surface area contributed by atoms with Crippen molar-refractivity contribution in [3.05, 3.63) is 70.8 Å². The number of nitrogens with zero attached hydrogens (tertiary/aromatic N) is 3. The summed E-state index contributed by atoms with van der Waals surface area (Å²) in [4.78, 5) is 40.8. The van der Waals surface area contributed by atoms with Crippen molar-refractivity contribution in [3.63, 3.8) is 0 Å². The van der Waals surface area contributed by atoms with E-state index in [9.17, 15) is 14.4 Å². The molecule has 0 N–H and O–H groups in total. The van der Waals surface area contributed by atoms with Crippen LogP contribution < -0.4 is 0 Å². The van der Waals surface area contributed by atoms with Crippen molar-refractivity contribution in [2.75, 3.05) is 56.5 Å². The van der Waals surface area contributed by atoms with Crippen molar-refractivity contribution in [3.8, 4) is 0 Å². The van der Waals surface area contributed by atoms with Gasteiger partial charge in [-0.1, -0.05) is 48.5 Å². The summed E-state index contributed by atoms with van der Waals surface area (Å²) in [7, 11) is 11.2. The first-order chi connectivity index (χ1) is 16.5. The highest BCUT2D eigenvalue weighted by atomic mass is 31.2. The van der Waals surface area contributed by atoms with E-state index >= 15 is 0 Å². The Bertz CT molecular complexity index is 1130. The van der Waals surface area contributed by atoms with Crippen molar-refractivity contribution in [1.29, 1.82) is 0 Å². The number of hydrogen-bond acceptors (Lipinski definition) is 8. The minimum Gasteiger partial charge on any atom is -0.469 e. The fraction of sp³-hybridized carbons (Fsp3) is 0.385. The van der Waals surface area contributed by atoms with Gasteiger partial charge in [0.05, 0.1) is 26.9 Å². The summed E-state index contributed by atoms with van der Waals surface area (Å²) in [5.74, 6) is -2.92. The molecule has 0 bridgehead atoms. The average molecular weight is 500 g/mol. The summed E-state index contributed by atoms with van der Waals surface area (Å²) in [6, 6.07) is 14.5. The van der Waals surface area contributed by atoms with Crippen LogP contribution in [-0.4, -0.2) is 93.5 Å². The number of benzene rings is 2. The van der Waals surface area contributed by atoms with Crippen molar-refractivity contribution in [2.24, 2.45) is 5.92 Å². The molecule has 0 amide bonds. The van der Waals surface area contributed by atoms with Gasteiger partial charge in [-0.2, -0.15) is 0 Å². The van der Waals surface area contributed by atoms with Gasteiger partial charge in [0, 0.05) is 17.0 Å². The first-order valence-electron chi connectivity index (χ1n) is 11.2. The smallest absolute Gasteiger partial charge is 0.338 e. The molecule has 0 aromatic heterocycles. The Balaban J connectivity index is 2.56. The molecule has 0 heterocycles. The summed E-state index contributed by atoms with van der Waals surface area (Å²) >= 11 is 0. The van der Waals surface area contributed by atoms with Gasteiger partial charge in [0.25, 0.3) is 0 Å². The molecule has 2 aromatic rings. The van der Waals surface area contributed by atoms with Gasteiger partial charge in [0.1, 0.15) is 5.92 Å². The Morgan fingerprint density at radius 3 is 1.57 bits per heavy atom. The molecule has 35 heavy (non-hydrogen) atoms. The Hall–Kier alpha value is -2.77. The number of carbonyl (C=O) groups is 3. The molecule has 0 aliphatic heterocycles. The van der Waals surface area contributed by atoms with Crippen LogP contribution in [0, 0.1) is 5.92 Å². The van der Waals surface area contributed by atoms with Crippen LogP contribution in [0.2, 0.25) is 0 Å². The lowest BCUT2D eigenvalue weighted by Gasteiger charge is -2.47. The van der Waals surface area contributed by atoms with Crippen LogP contribution in [0.1, 0.15) is 33.0 Å². The van der Waals surface area contributed by atoms with E-state index in [2.05, 4.69) is 0 Å². The van der Waals surface area contributed by atoms with Crippen LogP contribution >= 0.6 is 7.34 Å². The molecule has 2 aromatic carbocycles. The zero-order valence-corrected chi connectivity index (χ0v) is 22.5. The summed E-state index contributed by atoms with van der Waals surface area (Å²) in [6.07, 6.45) is 0. The topological polar surface area (TPSA) is 79.4 Å². The number of rotatable bonds is 7. The van der Waals surface area contributed by atoms with Crippen LogP contribution in [0.25, 0.3) is 0 Å². The second-order valence-corrected chi connectivity index (χ2v) is 13.0. The summed E-state index contributed by atoms with van der Waals surface area (Å²) in [5.41, 5.74) is 2.39. The maximum absolute atomic E-state index is 13.7. The molecule has 1 atom stereocenters. The largest absolute Gasteiger partial charge is 0.469 e. The van der Waals surface area contributed by atoms with Gasteiger partial charge < -0.3 is 9.47 Å². The molecule has 188 valence electrons. The molecule has 0 radical (unpaired) electrons. The van der Waals surface area contributed by atoms with Gasteiger partial charge in [-0.15, -0.1) is 0 Å². The van der Waals surface area contributed by atoms with E-state index < -0.39 is 31.1 Å². The van der Waals surface area contributed by atoms with Crippen LogP contribution in [0.3, 0.4) is 0 Å². The van der Waals surface area contributed by atoms with E-state index in [1.54, 1.807) is 24.3 Å². The Labute approximate surface area is 207 Å². The molecule has 1 unspecified atom stereocenters. The highest BCUT2D eigenvalue weighted by molar-refractivity contribution is 7.71. The number of ether oxygens (including phenoxy) is 2. The first kappa shape index (κ1) is 26.8. The Morgan fingerprint density at radius 1 is 0.771 bits per heavy atom. The van der Waals surface area contributed by atoms with Gasteiger partial charge in [-0.25, -0.2) is 4.79 Å². The molecule has 1 aliphatic rings. The lowest BCUT2D eigenvalue weighted by Crippen LogP contribution is -2.45. The van der Waals surface area contributed by atoms with Gasteiger partial charge in [0.15, 0.2) is 5.78 Å². The Morgan fingerprint density at radius 2 is 1.20 bits per heavy atom. The third-order valence-corrected chi connectivity index (χ3v) is 11.0. The number of methoxy groups -OCH3 is 2. The highest BCUT2D eigenvalue weighted by Gasteiger charge is 2.49. The standard InChI is InChI=1S/C26H34N3O5P/c1-27(2)35(28(3)4,29(5)6)24(26(32)34-8)22(25(31)33-7)21-17-13-9-11-15-19(17)23(30)20-16-12-10-14-18(20)21/h9-16,21-22H,1-8H3. The first-order valence-corrected chi connectivity index (χ1v) is 12.9. The number of carbonyl (C=O) groups excluding carboxylic acids is 3. The van der Waals surface area contributed by atoms with Gasteiger partial charge in [0.2, 0.25) is 0 Å². The van der Waals surface area contributed by atoms with Gasteiger partial charge >= 0.3 is 11.9 Å². The molecule has 8 nitrogen and oxygen atoms in total. The normalized spacial score (nSPS) is 14.5. The van der Waals surface area contributed by atoms with Crippen LogP contribution in [0.5, 0.6) is 0 Å². The third kappa shape index (κ3) is 4.25. The summed E-state index contributed by atoms with van der Waals surface area (Å²) in [5, 5.41) is 0.302. The minimum atomic E-state index is -2.77. The molecule has 3 rings (SSSR count). The van der Waals surface area contributed by atoms with Crippen LogP contribution in [0.15, 0.2) is 48.5 Å². The molecule has 0 saturated carbocycles. The second kappa shape index (κ2) is 10.5. The van der Waals surface area contributed by atoms with Crippen molar-refractivity contribution in [2.45, 2.75) is 5.92 Å². The predicted molar refractivity (Wildman–Crippen MR) is 139 cm³/mol. The molecule has 0 saturated heterocycles. The number of fused-ring (bicyclic) bond motifs is 2. The fourth-order valence-electron chi connectivity index (χ4n) is 5.41.